The van der Waals surface area contributed by atoms with Crippen molar-refractivity contribution in [2.45, 2.75) is 13.8 Å². The Morgan fingerprint density at radius 2 is 1.69 bits per heavy atom. The molecule has 0 fully saturated rings. The van der Waals surface area contributed by atoms with Gasteiger partial charge in [-0.1, -0.05) is 11.6 Å². The van der Waals surface area contributed by atoms with Gasteiger partial charge in [0.2, 0.25) is 0 Å². The average molecular weight is 485 g/mol. The van der Waals surface area contributed by atoms with Crippen LogP contribution < -0.4 is 5.32 Å². The average Bonchev–Trinajstić information content (AvgIpc) is 3.02. The Balaban J connectivity index is 2.59. The summed E-state index contributed by atoms with van der Waals surface area (Å²) >= 11 is 6.52. The normalized spacial score (nSPS) is 10.4. The van der Waals surface area contributed by atoms with Crippen LogP contribution in [0.15, 0.2) is 12.1 Å². The molecule has 1 heterocycles. The van der Waals surface area contributed by atoms with E-state index in [1.807, 2.05) is 0 Å². The smallest absolute Gasteiger partial charge is 0.341 e. The Labute approximate surface area is 190 Å². The number of carbonyl (C=O) groups is 3. The number of hydrogen-bond acceptors (Lipinski definition) is 9. The molecule has 2 amide bonds. The fraction of sp³-hybridized carbons (Fsp3) is 0.278. The predicted molar refractivity (Wildman–Crippen MR) is 116 cm³/mol. The minimum atomic E-state index is -0.983. The molecule has 2 rings (SSSR count). The molecule has 2 aromatic rings. The number of nitro groups is 2. The van der Waals surface area contributed by atoms with Crippen molar-refractivity contribution in [1.82, 2.24) is 4.90 Å². The Hall–Kier alpha value is -3.58. The molecular weight excluding hydrogens is 468 g/mol. The number of anilines is 1. The second-order valence-corrected chi connectivity index (χ2v) is 7.88. The predicted octanol–water partition coefficient (Wildman–Crippen LogP) is 3.66. The number of carbonyl (C=O) groups excluding carboxylic acids is 3. The van der Waals surface area contributed by atoms with E-state index in [-0.39, 0.29) is 27.6 Å². The molecule has 0 atom stereocenters. The summed E-state index contributed by atoms with van der Waals surface area (Å²) in [7, 11) is 3.02. The van der Waals surface area contributed by atoms with Crippen molar-refractivity contribution >= 4 is 57.1 Å². The lowest BCUT2D eigenvalue weighted by molar-refractivity contribution is -0.393. The highest BCUT2D eigenvalue weighted by atomic mass is 35.5. The number of nitro benzene ring substituents is 2. The Morgan fingerprint density at radius 1 is 1.16 bits per heavy atom. The summed E-state index contributed by atoms with van der Waals surface area (Å²) in [6, 6.07) is 1.56. The van der Waals surface area contributed by atoms with Crippen LogP contribution in [-0.4, -0.2) is 53.2 Å². The summed E-state index contributed by atoms with van der Waals surface area (Å²) in [6.45, 7) is 3.12. The number of ether oxygens (including phenoxy) is 1. The van der Waals surface area contributed by atoms with Crippen LogP contribution in [-0.2, 0) is 4.74 Å². The molecular formula is C18H17ClN4O8S. The zero-order chi connectivity index (χ0) is 24.3. The monoisotopic (exact) mass is 484 g/mol. The number of nitrogens with one attached hydrogen (secondary N) is 1. The first kappa shape index (κ1) is 24.7. The number of rotatable bonds is 7. The van der Waals surface area contributed by atoms with Gasteiger partial charge in [-0.25, -0.2) is 4.79 Å². The second-order valence-electron chi connectivity index (χ2n) is 6.48. The van der Waals surface area contributed by atoms with Gasteiger partial charge >= 0.3 is 5.97 Å². The van der Waals surface area contributed by atoms with Gasteiger partial charge in [0.05, 0.1) is 32.5 Å². The van der Waals surface area contributed by atoms with Crippen molar-refractivity contribution < 1.29 is 29.0 Å². The van der Waals surface area contributed by atoms with Crippen LogP contribution >= 0.6 is 22.9 Å². The van der Waals surface area contributed by atoms with Crippen molar-refractivity contribution in [1.29, 1.82) is 0 Å². The minimum Gasteiger partial charge on any atom is -0.462 e. The molecule has 0 aliphatic heterocycles. The maximum absolute atomic E-state index is 12.8. The van der Waals surface area contributed by atoms with E-state index in [9.17, 15) is 34.6 Å². The van der Waals surface area contributed by atoms with E-state index in [0.29, 0.717) is 0 Å². The number of benzene rings is 1. The summed E-state index contributed by atoms with van der Waals surface area (Å²) in [4.78, 5) is 59.6. The number of hydrogen-bond donors (Lipinski definition) is 1. The van der Waals surface area contributed by atoms with Gasteiger partial charge in [-0.05, 0) is 19.4 Å². The minimum absolute atomic E-state index is 0.0358. The van der Waals surface area contributed by atoms with Crippen LogP contribution in [0.2, 0.25) is 5.02 Å². The largest absolute Gasteiger partial charge is 0.462 e. The molecule has 32 heavy (non-hydrogen) atoms. The first-order chi connectivity index (χ1) is 14.9. The molecule has 12 nitrogen and oxygen atoms in total. The van der Waals surface area contributed by atoms with Crippen LogP contribution in [0.3, 0.4) is 0 Å². The molecule has 0 unspecified atom stereocenters. The first-order valence-electron chi connectivity index (χ1n) is 8.86. The summed E-state index contributed by atoms with van der Waals surface area (Å²) < 4.78 is 5.00. The van der Waals surface area contributed by atoms with Crippen LogP contribution in [0.5, 0.6) is 0 Å². The lowest BCUT2D eigenvalue weighted by Crippen LogP contribution is -2.21. The van der Waals surface area contributed by atoms with Gasteiger partial charge in [0, 0.05) is 26.2 Å². The number of thiophene rings is 1. The van der Waals surface area contributed by atoms with Crippen molar-refractivity contribution in [2.24, 2.45) is 0 Å². The highest BCUT2D eigenvalue weighted by Gasteiger charge is 2.30. The van der Waals surface area contributed by atoms with Crippen molar-refractivity contribution in [3.05, 3.63) is 59.0 Å². The van der Waals surface area contributed by atoms with Crippen LogP contribution in [0.4, 0.5) is 16.4 Å². The van der Waals surface area contributed by atoms with Gasteiger partial charge in [-0.2, -0.15) is 0 Å². The first-order valence-corrected chi connectivity index (χ1v) is 10.1. The molecule has 0 radical (unpaired) electrons. The molecule has 0 aliphatic rings. The van der Waals surface area contributed by atoms with E-state index in [0.717, 1.165) is 23.5 Å². The van der Waals surface area contributed by atoms with E-state index < -0.39 is 49.6 Å². The van der Waals surface area contributed by atoms with Crippen molar-refractivity contribution in [3.63, 3.8) is 0 Å². The zero-order valence-corrected chi connectivity index (χ0v) is 18.8. The lowest BCUT2D eigenvalue weighted by atomic mass is 10.1. The Bertz CT molecular complexity index is 1110. The van der Waals surface area contributed by atoms with Crippen molar-refractivity contribution in [3.8, 4) is 0 Å². The third-order valence-corrected chi connectivity index (χ3v) is 5.73. The van der Waals surface area contributed by atoms with Gasteiger partial charge < -0.3 is 15.0 Å². The number of halogens is 1. The van der Waals surface area contributed by atoms with Crippen LogP contribution in [0, 0.1) is 27.2 Å². The maximum atomic E-state index is 12.8. The zero-order valence-electron chi connectivity index (χ0n) is 17.3. The summed E-state index contributed by atoms with van der Waals surface area (Å²) in [5.74, 6) is -2.19. The van der Waals surface area contributed by atoms with Gasteiger partial charge in [0.15, 0.2) is 5.02 Å². The molecule has 1 aromatic carbocycles. The molecule has 0 bridgehead atoms. The molecule has 0 saturated heterocycles. The standard InChI is InChI=1S/C18H17ClN4O8S/c1-5-31-18(26)12-8(2)14(17(25)21(3)4)32-16(12)20-15(24)9-6-10(22(27)28)13(19)11(7-9)23(29)30/h6-7H,5H2,1-4H3,(H,20,24). The molecule has 0 aliphatic carbocycles. The topological polar surface area (TPSA) is 162 Å². The van der Waals surface area contributed by atoms with Gasteiger partial charge in [0.1, 0.15) is 5.00 Å². The van der Waals surface area contributed by atoms with Gasteiger partial charge in [0.25, 0.3) is 23.2 Å². The molecule has 0 saturated carbocycles. The lowest BCUT2D eigenvalue weighted by Gasteiger charge is -2.09. The number of amides is 2. The number of esters is 1. The number of nitrogens with zero attached hydrogens (tertiary/aromatic N) is 3. The summed E-state index contributed by atoms with van der Waals surface area (Å²) in [5, 5.41) is 24.0. The van der Waals surface area contributed by atoms with E-state index >= 15 is 0 Å². The summed E-state index contributed by atoms with van der Waals surface area (Å²) in [5.41, 5.74) is -1.89. The second kappa shape index (κ2) is 9.70. The SMILES string of the molecule is CCOC(=O)c1c(NC(=O)c2cc([N+](=O)[O-])c(Cl)c([N+](=O)[O-])c2)sc(C(=O)N(C)C)c1C. The molecule has 14 heteroatoms. The molecule has 170 valence electrons. The highest BCUT2D eigenvalue weighted by molar-refractivity contribution is 7.18. The highest BCUT2D eigenvalue weighted by Crippen LogP contribution is 2.37. The Kier molecular flexibility index (Phi) is 7.48. The fourth-order valence-electron chi connectivity index (χ4n) is 2.62. The third kappa shape index (κ3) is 4.84. The fourth-order valence-corrected chi connectivity index (χ4v) is 4.08. The Morgan fingerprint density at radius 3 is 2.12 bits per heavy atom. The molecule has 0 spiro atoms. The third-order valence-electron chi connectivity index (χ3n) is 4.14. The van der Waals surface area contributed by atoms with Gasteiger partial charge in [-0.3, -0.25) is 29.8 Å². The molecule has 1 aromatic heterocycles. The quantitative estimate of drug-likeness (QED) is 0.353. The van der Waals surface area contributed by atoms with E-state index in [2.05, 4.69) is 5.32 Å². The van der Waals surface area contributed by atoms with Crippen LogP contribution in [0.25, 0.3) is 0 Å². The molecule has 1 N–H and O–H groups in total. The van der Waals surface area contributed by atoms with E-state index in [4.69, 9.17) is 16.3 Å². The summed E-state index contributed by atoms with van der Waals surface area (Å²) in [6.07, 6.45) is 0. The van der Waals surface area contributed by atoms with Crippen molar-refractivity contribution in [2.75, 3.05) is 26.0 Å². The van der Waals surface area contributed by atoms with Crippen LogP contribution in [0.1, 0.15) is 42.9 Å². The van der Waals surface area contributed by atoms with E-state index in [1.54, 1.807) is 6.92 Å². The maximum Gasteiger partial charge on any atom is 0.341 e. The van der Waals surface area contributed by atoms with Gasteiger partial charge in [-0.15, -0.1) is 11.3 Å². The van der Waals surface area contributed by atoms with E-state index in [1.165, 1.54) is 25.9 Å².